The smallest absolute Gasteiger partial charge is 0.373 e. The van der Waals surface area contributed by atoms with E-state index >= 15 is 0 Å². The van der Waals surface area contributed by atoms with Crippen LogP contribution in [0.3, 0.4) is 0 Å². The van der Waals surface area contributed by atoms with Crippen LogP contribution in [0, 0.1) is 5.41 Å². The van der Waals surface area contributed by atoms with Crippen LogP contribution in [-0.2, 0) is 9.78 Å². The number of rotatable bonds is 5. The Bertz CT molecular complexity index is 393. The number of benzene rings is 1. The van der Waals surface area contributed by atoms with Crippen molar-refractivity contribution in [2.45, 2.75) is 27.7 Å². The van der Waals surface area contributed by atoms with Crippen LogP contribution in [0.2, 0.25) is 0 Å². The largest absolute Gasteiger partial charge is 0.494 e. The van der Waals surface area contributed by atoms with Crippen molar-refractivity contribution in [2.24, 2.45) is 5.41 Å². The molecule has 4 nitrogen and oxygen atoms in total. The maximum absolute atomic E-state index is 11.7. The summed E-state index contributed by atoms with van der Waals surface area (Å²) in [6.45, 7) is 8.78. The molecule has 0 aliphatic carbocycles. The molecule has 0 spiro atoms. The molecule has 0 saturated carbocycles. The van der Waals surface area contributed by atoms with Gasteiger partial charge in [-0.25, -0.2) is 4.79 Å². The second-order valence-electron chi connectivity index (χ2n) is 5.15. The molecular formula is C14H20O4. The fraction of sp³-hybridized carbons (Fsp3) is 0.500. The van der Waals surface area contributed by atoms with Crippen molar-refractivity contribution in [1.29, 1.82) is 0 Å². The van der Waals surface area contributed by atoms with Gasteiger partial charge < -0.3 is 4.74 Å². The first-order valence-electron chi connectivity index (χ1n) is 5.99. The summed E-state index contributed by atoms with van der Waals surface area (Å²) in [6.07, 6.45) is 0. The maximum Gasteiger partial charge on any atom is 0.373 e. The highest BCUT2D eigenvalue weighted by molar-refractivity contribution is 5.89. The average Bonchev–Trinajstić information content (AvgIpc) is 2.28. The van der Waals surface area contributed by atoms with Crippen molar-refractivity contribution in [3.8, 4) is 5.75 Å². The Morgan fingerprint density at radius 2 is 2.00 bits per heavy atom. The molecule has 1 aromatic rings. The van der Waals surface area contributed by atoms with E-state index in [1.807, 2.05) is 27.7 Å². The fourth-order valence-corrected chi connectivity index (χ4v) is 1.19. The molecule has 18 heavy (non-hydrogen) atoms. The van der Waals surface area contributed by atoms with E-state index in [4.69, 9.17) is 14.5 Å². The van der Waals surface area contributed by atoms with Crippen LogP contribution in [0.25, 0.3) is 0 Å². The third-order valence-corrected chi connectivity index (χ3v) is 2.01. The van der Waals surface area contributed by atoms with E-state index in [1.54, 1.807) is 24.3 Å². The molecule has 0 fully saturated rings. The highest BCUT2D eigenvalue weighted by Gasteiger charge is 2.14. The first-order chi connectivity index (χ1) is 8.42. The van der Waals surface area contributed by atoms with Crippen LogP contribution >= 0.6 is 0 Å². The van der Waals surface area contributed by atoms with Crippen molar-refractivity contribution in [3.05, 3.63) is 29.8 Å². The fourth-order valence-electron chi connectivity index (χ4n) is 1.19. The summed E-state index contributed by atoms with van der Waals surface area (Å²) in [4.78, 5) is 21.4. The van der Waals surface area contributed by atoms with Crippen molar-refractivity contribution in [3.63, 3.8) is 0 Å². The summed E-state index contributed by atoms with van der Waals surface area (Å²) < 4.78 is 5.31. The molecule has 4 heteroatoms. The van der Waals surface area contributed by atoms with E-state index in [2.05, 4.69) is 0 Å². The number of carbonyl (C=O) groups excluding carboxylic acids is 1. The zero-order chi connectivity index (χ0) is 13.6. The van der Waals surface area contributed by atoms with Gasteiger partial charge in [-0.1, -0.05) is 26.8 Å². The highest BCUT2D eigenvalue weighted by Crippen LogP contribution is 2.16. The first-order valence-corrected chi connectivity index (χ1v) is 5.99. The van der Waals surface area contributed by atoms with Gasteiger partial charge in [-0.3, -0.25) is 4.89 Å². The normalized spacial score (nSPS) is 11.1. The van der Waals surface area contributed by atoms with E-state index in [9.17, 15) is 4.79 Å². The van der Waals surface area contributed by atoms with Crippen LogP contribution in [0.4, 0.5) is 0 Å². The molecule has 100 valence electrons. The second kappa shape index (κ2) is 6.40. The summed E-state index contributed by atoms with van der Waals surface area (Å²) in [5.74, 6) is 0.128. The SMILES string of the molecule is CCOc1cccc(C(=O)OOCC(C)(C)C)c1. The minimum atomic E-state index is -0.513. The van der Waals surface area contributed by atoms with Crippen molar-refractivity contribution in [2.75, 3.05) is 13.2 Å². The predicted molar refractivity (Wildman–Crippen MR) is 68.4 cm³/mol. The van der Waals surface area contributed by atoms with Gasteiger partial charge in [0.1, 0.15) is 5.75 Å². The van der Waals surface area contributed by atoms with Crippen molar-refractivity contribution >= 4 is 5.97 Å². The maximum atomic E-state index is 11.7. The van der Waals surface area contributed by atoms with Gasteiger partial charge in [0.25, 0.3) is 0 Å². The lowest BCUT2D eigenvalue weighted by atomic mass is 9.99. The van der Waals surface area contributed by atoms with Crippen LogP contribution < -0.4 is 4.74 Å². The molecule has 0 aliphatic heterocycles. The zero-order valence-electron chi connectivity index (χ0n) is 11.4. The van der Waals surface area contributed by atoms with Crippen LogP contribution in [0.1, 0.15) is 38.1 Å². The summed E-state index contributed by atoms with van der Waals surface area (Å²) in [5.41, 5.74) is 0.364. The van der Waals surface area contributed by atoms with E-state index in [1.165, 1.54) is 0 Å². The van der Waals surface area contributed by atoms with E-state index < -0.39 is 5.97 Å². The molecule has 0 heterocycles. The number of hydrogen-bond acceptors (Lipinski definition) is 4. The highest BCUT2D eigenvalue weighted by atomic mass is 17.2. The molecule has 1 aromatic carbocycles. The lowest BCUT2D eigenvalue weighted by Gasteiger charge is -2.16. The molecule has 0 N–H and O–H groups in total. The molecular weight excluding hydrogens is 232 g/mol. The van der Waals surface area contributed by atoms with Crippen molar-refractivity contribution < 1.29 is 19.3 Å². The third kappa shape index (κ3) is 5.19. The topological polar surface area (TPSA) is 44.8 Å². The Balaban J connectivity index is 2.53. The van der Waals surface area contributed by atoms with Gasteiger partial charge in [0.15, 0.2) is 0 Å². The molecule has 0 saturated heterocycles. The van der Waals surface area contributed by atoms with E-state index in [0.29, 0.717) is 24.5 Å². The Labute approximate surface area is 108 Å². The molecule has 0 aliphatic rings. The van der Waals surface area contributed by atoms with Crippen LogP contribution in [0.15, 0.2) is 24.3 Å². The minimum absolute atomic E-state index is 0.0482. The lowest BCUT2D eigenvalue weighted by Crippen LogP contribution is -2.17. The Morgan fingerprint density at radius 1 is 1.28 bits per heavy atom. The number of carbonyl (C=O) groups is 1. The van der Waals surface area contributed by atoms with Gasteiger partial charge in [-0.2, -0.15) is 4.89 Å². The quantitative estimate of drug-likeness (QED) is 0.596. The number of ether oxygens (including phenoxy) is 1. The van der Waals surface area contributed by atoms with Gasteiger partial charge in [-0.15, -0.1) is 0 Å². The average molecular weight is 252 g/mol. The molecule has 0 unspecified atom stereocenters. The zero-order valence-corrected chi connectivity index (χ0v) is 11.4. The molecule has 0 aromatic heterocycles. The van der Waals surface area contributed by atoms with Crippen LogP contribution in [0.5, 0.6) is 5.75 Å². The van der Waals surface area contributed by atoms with Gasteiger partial charge in [0.2, 0.25) is 0 Å². The monoisotopic (exact) mass is 252 g/mol. The van der Waals surface area contributed by atoms with Gasteiger partial charge >= 0.3 is 5.97 Å². The summed E-state index contributed by atoms with van der Waals surface area (Å²) >= 11 is 0. The van der Waals surface area contributed by atoms with Gasteiger partial charge in [0, 0.05) is 0 Å². The van der Waals surface area contributed by atoms with Gasteiger partial charge in [0.05, 0.1) is 18.8 Å². The second-order valence-corrected chi connectivity index (χ2v) is 5.15. The van der Waals surface area contributed by atoms with Gasteiger partial charge in [-0.05, 0) is 30.5 Å². The van der Waals surface area contributed by atoms with E-state index in [0.717, 1.165) is 0 Å². The lowest BCUT2D eigenvalue weighted by molar-refractivity contribution is -0.255. The minimum Gasteiger partial charge on any atom is -0.494 e. The Hall–Kier alpha value is -1.55. The Kier molecular flexibility index (Phi) is 5.16. The summed E-state index contributed by atoms with van der Waals surface area (Å²) in [5, 5.41) is 0. The molecule has 0 radical (unpaired) electrons. The number of hydrogen-bond donors (Lipinski definition) is 0. The first kappa shape index (κ1) is 14.5. The predicted octanol–water partition coefficient (Wildman–Crippen LogP) is 3.22. The standard InChI is InChI=1S/C14H20O4/c1-5-16-12-8-6-7-11(9-12)13(15)18-17-10-14(2,3)4/h6-9H,5,10H2,1-4H3. The van der Waals surface area contributed by atoms with Crippen molar-refractivity contribution in [1.82, 2.24) is 0 Å². The molecule has 1 rings (SSSR count). The summed E-state index contributed by atoms with van der Waals surface area (Å²) in [7, 11) is 0. The van der Waals surface area contributed by atoms with Crippen LogP contribution in [-0.4, -0.2) is 19.2 Å². The third-order valence-electron chi connectivity index (χ3n) is 2.01. The van der Waals surface area contributed by atoms with E-state index in [-0.39, 0.29) is 5.41 Å². The summed E-state index contributed by atoms with van der Waals surface area (Å²) in [6, 6.07) is 6.82. The Morgan fingerprint density at radius 3 is 2.61 bits per heavy atom. The molecule has 0 bridgehead atoms. The molecule has 0 amide bonds. The molecule has 0 atom stereocenters.